The van der Waals surface area contributed by atoms with E-state index in [1.54, 1.807) is 11.3 Å². The van der Waals surface area contributed by atoms with E-state index in [1.165, 1.54) is 32.1 Å². The lowest BCUT2D eigenvalue weighted by Crippen LogP contribution is -2.03. The highest BCUT2D eigenvalue weighted by Crippen LogP contribution is 2.23. The smallest absolute Gasteiger partial charge is 0.306 e. The normalized spacial score (nSPS) is 10.6. The third-order valence-electron chi connectivity index (χ3n) is 5.73. The van der Waals surface area contributed by atoms with Crippen molar-refractivity contribution in [1.29, 1.82) is 5.26 Å². The number of esters is 1. The molecule has 0 saturated carbocycles. The molecule has 3 aromatic rings. The van der Waals surface area contributed by atoms with Crippen LogP contribution in [0.25, 0.3) is 11.1 Å². The predicted molar refractivity (Wildman–Crippen MR) is 138 cm³/mol. The number of nitriles is 1. The van der Waals surface area contributed by atoms with Crippen molar-refractivity contribution in [2.75, 3.05) is 6.61 Å². The molecule has 178 valence electrons. The van der Waals surface area contributed by atoms with E-state index < -0.39 is 0 Å². The molecule has 0 aliphatic rings. The Hall–Kier alpha value is -3.10. The van der Waals surface area contributed by atoms with Crippen LogP contribution < -0.4 is 4.74 Å². The van der Waals surface area contributed by atoms with E-state index in [0.29, 0.717) is 18.6 Å². The van der Waals surface area contributed by atoms with Crippen LogP contribution in [0.4, 0.5) is 0 Å². The molecule has 3 rings (SSSR count). The summed E-state index contributed by atoms with van der Waals surface area (Å²) in [6, 6.07) is 19.9. The van der Waals surface area contributed by atoms with Gasteiger partial charge in [-0.3, -0.25) is 4.79 Å². The highest BCUT2D eigenvalue weighted by molar-refractivity contribution is 7.07. The van der Waals surface area contributed by atoms with Crippen LogP contribution in [0.15, 0.2) is 65.4 Å². The van der Waals surface area contributed by atoms with Gasteiger partial charge in [-0.15, -0.1) is 0 Å². The summed E-state index contributed by atoms with van der Waals surface area (Å²) in [6.45, 7) is 1.14. The fourth-order valence-corrected chi connectivity index (χ4v) is 4.37. The van der Waals surface area contributed by atoms with Crippen LogP contribution in [-0.2, 0) is 16.1 Å². The molecule has 0 N–H and O–H groups in total. The lowest BCUT2D eigenvalue weighted by atomic mass is 10.0. The number of carbonyl (C=O) groups excluding carboxylic acids is 1. The van der Waals surface area contributed by atoms with Crippen LogP contribution >= 0.6 is 11.3 Å². The number of hydrogen-bond acceptors (Lipinski definition) is 5. The number of carbonyl (C=O) groups is 1. The van der Waals surface area contributed by atoms with Gasteiger partial charge in [0.2, 0.25) is 0 Å². The Kier molecular flexibility index (Phi) is 11.2. The Morgan fingerprint density at radius 1 is 0.794 bits per heavy atom. The highest BCUT2D eigenvalue weighted by atomic mass is 32.1. The molecule has 0 aliphatic heterocycles. The first-order valence-corrected chi connectivity index (χ1v) is 13.1. The van der Waals surface area contributed by atoms with Crippen LogP contribution in [-0.4, -0.2) is 12.6 Å². The van der Waals surface area contributed by atoms with E-state index in [4.69, 9.17) is 14.7 Å². The molecule has 0 aliphatic carbocycles. The zero-order chi connectivity index (χ0) is 23.8. The molecule has 4 nitrogen and oxygen atoms in total. The van der Waals surface area contributed by atoms with Gasteiger partial charge in [0.25, 0.3) is 0 Å². The summed E-state index contributed by atoms with van der Waals surface area (Å²) >= 11 is 1.62. The summed E-state index contributed by atoms with van der Waals surface area (Å²) in [7, 11) is 0. The summed E-state index contributed by atoms with van der Waals surface area (Å²) < 4.78 is 11.2. The molecule has 1 heterocycles. The minimum Gasteiger partial charge on any atom is -0.494 e. The monoisotopic (exact) mass is 475 g/mol. The van der Waals surface area contributed by atoms with Gasteiger partial charge in [0.05, 0.1) is 18.2 Å². The Balaban J connectivity index is 1.15. The van der Waals surface area contributed by atoms with E-state index in [0.717, 1.165) is 48.3 Å². The summed E-state index contributed by atoms with van der Waals surface area (Å²) in [4.78, 5) is 11.7. The maximum Gasteiger partial charge on any atom is 0.306 e. The molecule has 0 spiro atoms. The van der Waals surface area contributed by atoms with Gasteiger partial charge in [-0.05, 0) is 65.1 Å². The lowest BCUT2D eigenvalue weighted by molar-refractivity contribution is -0.145. The van der Waals surface area contributed by atoms with Gasteiger partial charge in [-0.25, -0.2) is 0 Å². The molecule has 0 unspecified atom stereocenters. The molecule has 2 aromatic carbocycles. The summed E-state index contributed by atoms with van der Waals surface area (Å²) in [6.07, 6.45) is 9.64. The molecular formula is C29H33NO3S. The fourth-order valence-electron chi connectivity index (χ4n) is 3.71. The predicted octanol–water partition coefficient (Wildman–Crippen LogP) is 7.92. The van der Waals surface area contributed by atoms with Crippen LogP contribution in [0.3, 0.4) is 0 Å². The van der Waals surface area contributed by atoms with Gasteiger partial charge in [-0.2, -0.15) is 16.6 Å². The van der Waals surface area contributed by atoms with Crippen molar-refractivity contribution in [3.8, 4) is 22.9 Å². The second kappa shape index (κ2) is 14.9. The van der Waals surface area contributed by atoms with E-state index in [1.807, 2.05) is 53.2 Å². The average molecular weight is 476 g/mol. The van der Waals surface area contributed by atoms with Crippen molar-refractivity contribution >= 4 is 17.3 Å². The average Bonchev–Trinajstić information content (AvgIpc) is 3.40. The summed E-state index contributed by atoms with van der Waals surface area (Å²) in [5.74, 6) is 0.807. The molecule has 5 heteroatoms. The van der Waals surface area contributed by atoms with Crippen molar-refractivity contribution in [3.05, 3.63) is 76.5 Å². The molecular weight excluding hydrogens is 442 g/mol. The molecule has 0 amide bonds. The van der Waals surface area contributed by atoms with Crippen LogP contribution in [0.2, 0.25) is 0 Å². The third-order valence-corrected chi connectivity index (χ3v) is 6.46. The van der Waals surface area contributed by atoms with E-state index in [2.05, 4.69) is 18.2 Å². The molecule has 0 saturated heterocycles. The van der Waals surface area contributed by atoms with Gasteiger partial charge in [0.15, 0.2) is 0 Å². The minimum absolute atomic E-state index is 0.0879. The molecule has 34 heavy (non-hydrogen) atoms. The number of nitrogens with zero attached hydrogens (tertiary/aromatic N) is 1. The zero-order valence-corrected chi connectivity index (χ0v) is 20.5. The Labute approximate surface area is 207 Å². The molecule has 1 aromatic heterocycles. The van der Waals surface area contributed by atoms with Crippen molar-refractivity contribution in [2.24, 2.45) is 0 Å². The van der Waals surface area contributed by atoms with Crippen molar-refractivity contribution in [1.82, 2.24) is 0 Å². The summed E-state index contributed by atoms with van der Waals surface area (Å²) in [5, 5.41) is 12.9. The number of benzene rings is 2. The van der Waals surface area contributed by atoms with Gasteiger partial charge in [-0.1, -0.05) is 62.8 Å². The number of hydrogen-bond donors (Lipinski definition) is 0. The Morgan fingerprint density at radius 2 is 1.41 bits per heavy atom. The Morgan fingerprint density at radius 3 is 2.03 bits per heavy atom. The van der Waals surface area contributed by atoms with Gasteiger partial charge in [0, 0.05) is 12.0 Å². The molecule has 0 radical (unpaired) electrons. The van der Waals surface area contributed by atoms with Crippen molar-refractivity contribution in [2.45, 2.75) is 64.4 Å². The van der Waals surface area contributed by atoms with Crippen molar-refractivity contribution < 1.29 is 14.3 Å². The second-order valence-corrected chi connectivity index (χ2v) is 9.21. The number of thiophene rings is 1. The maximum atomic E-state index is 11.7. The molecule has 0 bridgehead atoms. The quantitative estimate of drug-likeness (QED) is 0.165. The topological polar surface area (TPSA) is 59.3 Å². The van der Waals surface area contributed by atoms with E-state index >= 15 is 0 Å². The van der Waals surface area contributed by atoms with Crippen LogP contribution in [0.1, 0.15) is 68.9 Å². The number of rotatable bonds is 15. The van der Waals surface area contributed by atoms with Crippen molar-refractivity contribution in [3.63, 3.8) is 0 Å². The third kappa shape index (κ3) is 9.41. The highest BCUT2D eigenvalue weighted by Gasteiger charge is 2.04. The number of ether oxygens (including phenoxy) is 2. The van der Waals surface area contributed by atoms with Crippen LogP contribution in [0, 0.1) is 11.3 Å². The van der Waals surface area contributed by atoms with E-state index in [-0.39, 0.29) is 5.97 Å². The largest absolute Gasteiger partial charge is 0.494 e. The maximum absolute atomic E-state index is 11.7. The first-order valence-electron chi connectivity index (χ1n) is 12.1. The first-order chi connectivity index (χ1) is 16.7. The molecule has 0 fully saturated rings. The standard InChI is InChI=1S/C29H33NO3S/c30-21-24-10-12-26(13-11-24)27-14-16-28(17-15-27)32-19-8-6-4-2-1-3-5-7-9-29(31)33-22-25-18-20-34-23-25/h10-18,20,23H,1-9,19,22H2. The second-order valence-electron chi connectivity index (χ2n) is 8.43. The first kappa shape index (κ1) is 25.5. The lowest BCUT2D eigenvalue weighted by Gasteiger charge is -2.08. The molecule has 0 atom stereocenters. The summed E-state index contributed by atoms with van der Waals surface area (Å²) in [5.41, 5.74) is 3.96. The minimum atomic E-state index is -0.0879. The fraction of sp³-hybridized carbons (Fsp3) is 0.379. The Bertz CT molecular complexity index is 1010. The van der Waals surface area contributed by atoms with Crippen LogP contribution in [0.5, 0.6) is 5.75 Å². The van der Waals surface area contributed by atoms with E-state index in [9.17, 15) is 4.79 Å². The SMILES string of the molecule is N#Cc1ccc(-c2ccc(OCCCCCCCCCCC(=O)OCc3ccsc3)cc2)cc1. The van der Waals surface area contributed by atoms with Gasteiger partial charge < -0.3 is 9.47 Å². The van der Waals surface area contributed by atoms with Gasteiger partial charge >= 0.3 is 5.97 Å². The number of unbranched alkanes of at least 4 members (excludes halogenated alkanes) is 7. The zero-order valence-electron chi connectivity index (χ0n) is 19.7. The van der Waals surface area contributed by atoms with Gasteiger partial charge in [0.1, 0.15) is 12.4 Å².